The molecule has 0 atom stereocenters. The molecule has 7 heteroatoms. The third kappa shape index (κ3) is 2.58. The molecule has 0 unspecified atom stereocenters. The van der Waals surface area contributed by atoms with Crippen molar-refractivity contribution in [3.05, 3.63) is 34.6 Å². The molecule has 0 spiro atoms. The summed E-state index contributed by atoms with van der Waals surface area (Å²) in [6.07, 6.45) is 9.89. The lowest BCUT2D eigenvalue weighted by molar-refractivity contribution is 0.279. The number of pyridine rings is 1. The van der Waals surface area contributed by atoms with Gasteiger partial charge >= 0.3 is 0 Å². The Morgan fingerprint density at radius 2 is 2.08 bits per heavy atom. The van der Waals surface area contributed by atoms with E-state index in [1.807, 2.05) is 6.07 Å². The van der Waals surface area contributed by atoms with Crippen LogP contribution in [0.5, 0.6) is 0 Å². The number of nitrogens with zero attached hydrogens (tertiary/aromatic N) is 5. The number of aliphatic hydroxyl groups excluding tert-OH is 1. The van der Waals surface area contributed by atoms with E-state index in [0.717, 1.165) is 24.2 Å². The van der Waals surface area contributed by atoms with Gasteiger partial charge in [0.2, 0.25) is 0 Å². The molecule has 0 amide bonds. The van der Waals surface area contributed by atoms with Crippen molar-refractivity contribution in [2.75, 3.05) is 6.61 Å². The van der Waals surface area contributed by atoms with Crippen LogP contribution in [0.15, 0.2) is 23.3 Å². The van der Waals surface area contributed by atoms with Crippen LogP contribution in [0.25, 0.3) is 16.7 Å². The summed E-state index contributed by atoms with van der Waals surface area (Å²) in [7, 11) is 0. The van der Waals surface area contributed by atoms with Crippen molar-refractivity contribution in [2.24, 2.45) is 0 Å². The molecule has 1 N–H and O–H groups in total. The molecule has 0 aromatic carbocycles. The Morgan fingerprint density at radius 3 is 2.88 bits per heavy atom. The van der Waals surface area contributed by atoms with Crippen LogP contribution >= 0.6 is 0 Å². The summed E-state index contributed by atoms with van der Waals surface area (Å²) in [5.41, 5.74) is 0.630. The maximum atomic E-state index is 12.6. The van der Waals surface area contributed by atoms with Crippen LogP contribution in [0.2, 0.25) is 0 Å². The lowest BCUT2D eigenvalue weighted by atomic mass is 9.89. The van der Waals surface area contributed by atoms with E-state index in [0.29, 0.717) is 30.0 Å². The monoisotopic (exact) mass is 327 g/mol. The predicted molar refractivity (Wildman–Crippen MR) is 90.1 cm³/mol. The summed E-state index contributed by atoms with van der Waals surface area (Å²) in [6.45, 7) is 0.559. The first kappa shape index (κ1) is 15.3. The van der Waals surface area contributed by atoms with Crippen molar-refractivity contribution in [1.82, 2.24) is 24.1 Å². The van der Waals surface area contributed by atoms with Gasteiger partial charge in [-0.05, 0) is 25.3 Å². The van der Waals surface area contributed by atoms with E-state index in [1.165, 1.54) is 19.3 Å². The lowest BCUT2D eigenvalue weighted by Crippen LogP contribution is -2.21. The van der Waals surface area contributed by atoms with Crippen molar-refractivity contribution < 1.29 is 5.11 Å². The minimum atomic E-state index is -0.106. The fourth-order valence-electron chi connectivity index (χ4n) is 3.53. The molecule has 1 aliphatic rings. The Bertz CT molecular complexity index is 924. The van der Waals surface area contributed by atoms with Gasteiger partial charge in [-0.2, -0.15) is 9.50 Å². The van der Waals surface area contributed by atoms with Crippen LogP contribution < -0.4 is 5.56 Å². The number of aromatic nitrogens is 5. The minimum Gasteiger partial charge on any atom is -0.396 e. The summed E-state index contributed by atoms with van der Waals surface area (Å²) in [6, 6.07) is 1.88. The van der Waals surface area contributed by atoms with Crippen molar-refractivity contribution in [3.63, 3.8) is 0 Å². The third-order valence-electron chi connectivity index (χ3n) is 4.85. The summed E-state index contributed by atoms with van der Waals surface area (Å²) in [4.78, 5) is 21.5. The molecule has 1 saturated carbocycles. The van der Waals surface area contributed by atoms with Gasteiger partial charge in [0.25, 0.3) is 11.3 Å². The molecule has 1 aliphatic carbocycles. The number of hydrogen-bond donors (Lipinski definition) is 1. The molecular formula is C17H21N5O2. The van der Waals surface area contributed by atoms with Gasteiger partial charge in [-0.25, -0.2) is 4.98 Å². The Balaban J connectivity index is 1.80. The van der Waals surface area contributed by atoms with Gasteiger partial charge in [0, 0.05) is 31.5 Å². The Kier molecular flexibility index (Phi) is 4.02. The summed E-state index contributed by atoms with van der Waals surface area (Å²) < 4.78 is 3.29. The van der Waals surface area contributed by atoms with E-state index in [2.05, 4.69) is 15.1 Å². The van der Waals surface area contributed by atoms with Gasteiger partial charge in [-0.1, -0.05) is 19.3 Å². The molecule has 0 saturated heterocycles. The second-order valence-electron chi connectivity index (χ2n) is 6.47. The first-order valence-corrected chi connectivity index (χ1v) is 8.63. The maximum absolute atomic E-state index is 12.6. The van der Waals surface area contributed by atoms with Crippen LogP contribution in [-0.2, 0) is 6.54 Å². The van der Waals surface area contributed by atoms with E-state index in [9.17, 15) is 4.79 Å². The SMILES string of the molecule is O=c1c2cnc3nc(C4CCCCC4)nn3c2ccn1CCCO. The molecule has 1 fully saturated rings. The van der Waals surface area contributed by atoms with Crippen LogP contribution in [-0.4, -0.2) is 35.9 Å². The third-order valence-corrected chi connectivity index (χ3v) is 4.85. The average molecular weight is 327 g/mol. The molecular weight excluding hydrogens is 306 g/mol. The van der Waals surface area contributed by atoms with Gasteiger partial charge in [-0.15, -0.1) is 5.10 Å². The number of rotatable bonds is 4. The van der Waals surface area contributed by atoms with Crippen molar-refractivity contribution in [3.8, 4) is 0 Å². The lowest BCUT2D eigenvalue weighted by Gasteiger charge is -2.17. The topological polar surface area (TPSA) is 85.3 Å². The Labute approximate surface area is 139 Å². The van der Waals surface area contributed by atoms with Gasteiger partial charge in [0.15, 0.2) is 5.82 Å². The molecule has 3 heterocycles. The van der Waals surface area contributed by atoms with E-state index < -0.39 is 0 Å². The zero-order valence-electron chi connectivity index (χ0n) is 13.6. The molecule has 3 aromatic heterocycles. The number of aliphatic hydroxyl groups is 1. The fraction of sp³-hybridized carbons (Fsp3) is 0.529. The zero-order valence-corrected chi connectivity index (χ0v) is 13.6. The summed E-state index contributed by atoms with van der Waals surface area (Å²) in [5.74, 6) is 1.80. The van der Waals surface area contributed by atoms with Gasteiger partial charge in [0.1, 0.15) is 0 Å². The van der Waals surface area contributed by atoms with Gasteiger partial charge < -0.3 is 9.67 Å². The number of hydrogen-bond acceptors (Lipinski definition) is 5. The van der Waals surface area contributed by atoms with E-state index in [-0.39, 0.29) is 12.2 Å². The highest BCUT2D eigenvalue weighted by atomic mass is 16.3. The van der Waals surface area contributed by atoms with E-state index in [1.54, 1.807) is 21.5 Å². The zero-order chi connectivity index (χ0) is 16.5. The van der Waals surface area contributed by atoms with Gasteiger partial charge in [0.05, 0.1) is 10.9 Å². The normalized spacial score (nSPS) is 16.2. The molecule has 0 aliphatic heterocycles. The maximum Gasteiger partial charge on any atom is 0.261 e. The molecule has 4 rings (SSSR count). The first-order chi connectivity index (χ1) is 11.8. The fourth-order valence-corrected chi connectivity index (χ4v) is 3.53. The van der Waals surface area contributed by atoms with E-state index >= 15 is 0 Å². The highest BCUT2D eigenvalue weighted by molar-refractivity contribution is 5.78. The van der Waals surface area contributed by atoms with Crippen LogP contribution in [0, 0.1) is 0 Å². The second-order valence-corrected chi connectivity index (χ2v) is 6.47. The highest BCUT2D eigenvalue weighted by Crippen LogP contribution is 2.31. The molecule has 126 valence electrons. The number of aryl methyl sites for hydroxylation is 1. The van der Waals surface area contributed by atoms with Crippen molar-refractivity contribution in [2.45, 2.75) is 51.0 Å². The van der Waals surface area contributed by atoms with Crippen LogP contribution in [0.4, 0.5) is 0 Å². The van der Waals surface area contributed by atoms with Crippen LogP contribution in [0.1, 0.15) is 50.3 Å². The minimum absolute atomic E-state index is 0.0651. The second kappa shape index (κ2) is 6.32. The smallest absolute Gasteiger partial charge is 0.261 e. The van der Waals surface area contributed by atoms with Gasteiger partial charge in [-0.3, -0.25) is 4.79 Å². The quantitative estimate of drug-likeness (QED) is 0.790. The average Bonchev–Trinajstić information content (AvgIpc) is 3.06. The Hall–Kier alpha value is -2.28. The van der Waals surface area contributed by atoms with E-state index in [4.69, 9.17) is 5.11 Å². The molecule has 0 bridgehead atoms. The standard InChI is InChI=1S/C17H21N5O2/c23-10-4-8-21-9-7-14-13(16(21)24)11-18-17-19-15(20-22(14)17)12-5-2-1-3-6-12/h7,9,11-12,23H,1-6,8,10H2. The van der Waals surface area contributed by atoms with Crippen molar-refractivity contribution in [1.29, 1.82) is 0 Å². The first-order valence-electron chi connectivity index (χ1n) is 8.63. The molecule has 24 heavy (non-hydrogen) atoms. The molecule has 3 aromatic rings. The highest BCUT2D eigenvalue weighted by Gasteiger charge is 2.21. The summed E-state index contributed by atoms with van der Waals surface area (Å²) >= 11 is 0. The largest absolute Gasteiger partial charge is 0.396 e. The van der Waals surface area contributed by atoms with Crippen LogP contribution in [0.3, 0.4) is 0 Å². The summed E-state index contributed by atoms with van der Waals surface area (Å²) in [5, 5.41) is 14.1. The molecule has 0 radical (unpaired) electrons. The molecule has 7 nitrogen and oxygen atoms in total. The van der Waals surface area contributed by atoms with Crippen molar-refractivity contribution >= 4 is 16.7 Å². The number of fused-ring (bicyclic) bond motifs is 3. The predicted octanol–water partition coefficient (Wildman–Crippen LogP) is 1.87. The Morgan fingerprint density at radius 1 is 1.25 bits per heavy atom.